The largest absolute Gasteiger partial charge is 0.356 e. The zero-order chi connectivity index (χ0) is 14.8. The molecule has 21 heavy (non-hydrogen) atoms. The predicted octanol–water partition coefficient (Wildman–Crippen LogP) is 3.91. The van der Waals surface area contributed by atoms with Crippen molar-refractivity contribution in [2.75, 3.05) is 18.0 Å². The molecule has 2 aromatic rings. The van der Waals surface area contributed by atoms with Gasteiger partial charge in [0, 0.05) is 24.0 Å². The average molecular weight is 279 g/mol. The smallest absolute Gasteiger partial charge is 0.133 e. The fraction of sp³-hybridized carbons (Fsp3) is 0.444. The summed E-state index contributed by atoms with van der Waals surface area (Å²) in [5.41, 5.74) is 4.60. The summed E-state index contributed by atoms with van der Waals surface area (Å²) < 4.78 is 0. The molecule has 0 unspecified atom stereocenters. The highest BCUT2D eigenvalue weighted by Gasteiger charge is 2.17. The summed E-state index contributed by atoms with van der Waals surface area (Å²) >= 11 is 0. The van der Waals surface area contributed by atoms with E-state index in [4.69, 9.17) is 10.2 Å². The van der Waals surface area contributed by atoms with E-state index in [2.05, 4.69) is 43.0 Å². The van der Waals surface area contributed by atoms with Crippen LogP contribution in [0, 0.1) is 25.2 Å². The van der Waals surface area contributed by atoms with Crippen molar-refractivity contribution in [3.05, 3.63) is 34.9 Å². The minimum atomic E-state index is 0.432. The molecule has 2 heterocycles. The van der Waals surface area contributed by atoms with E-state index in [1.807, 2.05) is 0 Å². The van der Waals surface area contributed by atoms with Crippen LogP contribution in [0.15, 0.2) is 18.2 Å². The van der Waals surface area contributed by atoms with E-state index in [-0.39, 0.29) is 0 Å². The molecule has 108 valence electrons. The molecule has 0 bridgehead atoms. The molecule has 3 heteroatoms. The summed E-state index contributed by atoms with van der Waals surface area (Å²) in [4.78, 5) is 7.29. The molecule has 0 atom stereocenters. The molecule has 1 fully saturated rings. The third kappa shape index (κ3) is 2.71. The van der Waals surface area contributed by atoms with Crippen molar-refractivity contribution < 1.29 is 0 Å². The van der Waals surface area contributed by atoms with Crippen molar-refractivity contribution in [3.8, 4) is 6.07 Å². The normalized spacial score (nSPS) is 15.2. The van der Waals surface area contributed by atoms with Gasteiger partial charge < -0.3 is 4.90 Å². The number of nitriles is 1. The topological polar surface area (TPSA) is 39.9 Å². The van der Waals surface area contributed by atoms with Crippen LogP contribution in [0.3, 0.4) is 0 Å². The Morgan fingerprint density at radius 2 is 1.90 bits per heavy atom. The number of piperidine rings is 1. The highest BCUT2D eigenvalue weighted by molar-refractivity contribution is 5.85. The van der Waals surface area contributed by atoms with Gasteiger partial charge in [-0.05, 0) is 50.8 Å². The van der Waals surface area contributed by atoms with E-state index < -0.39 is 0 Å². The highest BCUT2D eigenvalue weighted by Crippen LogP contribution is 2.28. The highest BCUT2D eigenvalue weighted by atomic mass is 15.2. The molecule has 1 aromatic heterocycles. The zero-order valence-electron chi connectivity index (χ0n) is 12.8. The van der Waals surface area contributed by atoms with Gasteiger partial charge >= 0.3 is 0 Å². The maximum absolute atomic E-state index is 9.13. The zero-order valence-corrected chi connectivity index (χ0v) is 12.8. The number of aryl methyl sites for hydroxylation is 2. The lowest BCUT2D eigenvalue weighted by molar-refractivity contribution is 0.573. The number of fused-ring (bicyclic) bond motifs is 1. The average Bonchev–Trinajstić information content (AvgIpc) is 2.48. The fourth-order valence-corrected chi connectivity index (χ4v) is 3.28. The Labute approximate surface area is 126 Å². The van der Waals surface area contributed by atoms with Gasteiger partial charge in [0.15, 0.2) is 0 Å². The number of anilines is 1. The summed E-state index contributed by atoms with van der Waals surface area (Å²) in [6, 6.07) is 8.80. The minimum Gasteiger partial charge on any atom is -0.356 e. The second-order valence-electron chi connectivity index (χ2n) is 6.01. The minimum absolute atomic E-state index is 0.432. The van der Waals surface area contributed by atoms with Crippen molar-refractivity contribution in [3.63, 3.8) is 0 Å². The van der Waals surface area contributed by atoms with Gasteiger partial charge in [-0.3, -0.25) is 0 Å². The molecule has 1 aliphatic rings. The second-order valence-corrected chi connectivity index (χ2v) is 6.01. The first-order valence-corrected chi connectivity index (χ1v) is 7.72. The van der Waals surface area contributed by atoms with Gasteiger partial charge in [-0.25, -0.2) is 4.98 Å². The Hall–Kier alpha value is -2.08. The number of rotatable bonds is 2. The van der Waals surface area contributed by atoms with Crippen LogP contribution in [-0.4, -0.2) is 18.1 Å². The first-order chi connectivity index (χ1) is 10.2. The molecule has 0 aliphatic carbocycles. The van der Waals surface area contributed by atoms with Crippen molar-refractivity contribution in [2.24, 2.45) is 0 Å². The molecule has 1 aliphatic heterocycles. The maximum Gasteiger partial charge on any atom is 0.133 e. The van der Waals surface area contributed by atoms with Crippen molar-refractivity contribution in [1.82, 2.24) is 4.98 Å². The third-order valence-corrected chi connectivity index (χ3v) is 4.23. The van der Waals surface area contributed by atoms with Gasteiger partial charge in [0.05, 0.1) is 18.0 Å². The number of nitrogens with zero attached hydrogens (tertiary/aromatic N) is 3. The molecule has 0 radical (unpaired) electrons. The maximum atomic E-state index is 9.13. The summed E-state index contributed by atoms with van der Waals surface area (Å²) in [7, 11) is 0. The number of benzene rings is 1. The molecule has 3 rings (SSSR count). The van der Waals surface area contributed by atoms with Gasteiger partial charge in [-0.1, -0.05) is 11.6 Å². The van der Waals surface area contributed by atoms with Crippen LogP contribution >= 0.6 is 0 Å². The molecular weight excluding hydrogens is 258 g/mol. The monoisotopic (exact) mass is 279 g/mol. The van der Waals surface area contributed by atoms with Crippen LogP contribution in [0.2, 0.25) is 0 Å². The van der Waals surface area contributed by atoms with Gasteiger partial charge in [0.1, 0.15) is 5.82 Å². The Kier molecular flexibility index (Phi) is 3.79. The molecule has 1 aromatic carbocycles. The molecule has 0 amide bonds. The first kappa shape index (κ1) is 13.9. The van der Waals surface area contributed by atoms with Crippen molar-refractivity contribution in [1.29, 1.82) is 5.26 Å². The SMILES string of the molecule is Cc1cc(C)c2nc(N3CCCCC3)c(CC#N)cc2c1. The molecule has 1 saturated heterocycles. The van der Waals surface area contributed by atoms with Gasteiger partial charge in [-0.15, -0.1) is 0 Å². The Bertz CT molecular complexity index is 706. The van der Waals surface area contributed by atoms with Crippen LogP contribution in [0.5, 0.6) is 0 Å². The van der Waals surface area contributed by atoms with Gasteiger partial charge in [0.25, 0.3) is 0 Å². The lowest BCUT2D eigenvalue weighted by atomic mass is 10.0. The number of aromatic nitrogens is 1. The lowest BCUT2D eigenvalue weighted by Gasteiger charge is -2.29. The Morgan fingerprint density at radius 3 is 2.62 bits per heavy atom. The van der Waals surface area contributed by atoms with Crippen LogP contribution < -0.4 is 4.90 Å². The number of hydrogen-bond acceptors (Lipinski definition) is 3. The van der Waals surface area contributed by atoms with Crippen molar-refractivity contribution in [2.45, 2.75) is 39.5 Å². The quantitative estimate of drug-likeness (QED) is 0.836. The summed E-state index contributed by atoms with van der Waals surface area (Å²) in [6.45, 7) is 6.34. The van der Waals surface area contributed by atoms with Crippen LogP contribution in [0.1, 0.15) is 36.0 Å². The van der Waals surface area contributed by atoms with E-state index in [1.165, 1.54) is 30.4 Å². The Balaban J connectivity index is 2.16. The fourth-order valence-electron chi connectivity index (χ4n) is 3.28. The van der Waals surface area contributed by atoms with E-state index in [0.29, 0.717) is 6.42 Å². The van der Waals surface area contributed by atoms with E-state index >= 15 is 0 Å². The predicted molar refractivity (Wildman–Crippen MR) is 86.6 cm³/mol. The number of hydrogen-bond donors (Lipinski definition) is 0. The number of pyridine rings is 1. The van der Waals surface area contributed by atoms with Crippen LogP contribution in [-0.2, 0) is 6.42 Å². The molecule has 0 spiro atoms. The summed E-state index contributed by atoms with van der Waals surface area (Å²) in [5, 5.41) is 10.3. The summed E-state index contributed by atoms with van der Waals surface area (Å²) in [6.07, 6.45) is 4.18. The second kappa shape index (κ2) is 5.73. The molecule has 0 N–H and O–H groups in total. The lowest BCUT2D eigenvalue weighted by Crippen LogP contribution is -2.31. The van der Waals surface area contributed by atoms with E-state index in [0.717, 1.165) is 35.4 Å². The Morgan fingerprint density at radius 1 is 1.14 bits per heavy atom. The standard InChI is InChI=1S/C18H21N3/c1-13-10-14(2)17-16(11-13)12-15(6-7-19)18(20-17)21-8-4-3-5-9-21/h10-12H,3-6,8-9H2,1-2H3. The van der Waals surface area contributed by atoms with Gasteiger partial charge in [0.2, 0.25) is 0 Å². The molecule has 0 saturated carbocycles. The first-order valence-electron chi connectivity index (χ1n) is 7.72. The molecule has 3 nitrogen and oxygen atoms in total. The molecular formula is C18H21N3. The van der Waals surface area contributed by atoms with E-state index in [1.54, 1.807) is 0 Å². The van der Waals surface area contributed by atoms with Gasteiger partial charge in [-0.2, -0.15) is 5.26 Å². The summed E-state index contributed by atoms with van der Waals surface area (Å²) in [5.74, 6) is 1.02. The van der Waals surface area contributed by atoms with E-state index in [9.17, 15) is 0 Å². The van der Waals surface area contributed by atoms with Crippen molar-refractivity contribution >= 4 is 16.7 Å². The van der Waals surface area contributed by atoms with Crippen LogP contribution in [0.4, 0.5) is 5.82 Å². The third-order valence-electron chi connectivity index (χ3n) is 4.23. The van der Waals surface area contributed by atoms with Crippen LogP contribution in [0.25, 0.3) is 10.9 Å².